The molecule has 1 aliphatic rings. The lowest BCUT2D eigenvalue weighted by Gasteiger charge is -2.18. The van der Waals surface area contributed by atoms with E-state index in [1.165, 1.54) is 36.4 Å². The lowest BCUT2D eigenvalue weighted by molar-refractivity contribution is -0.385. The number of carbonyl (C=O) groups excluding carboxylic acids is 4. The average molecular weight is 430 g/mol. The maximum absolute atomic E-state index is 12.8. The predicted molar refractivity (Wildman–Crippen MR) is 112 cm³/mol. The van der Waals surface area contributed by atoms with Gasteiger partial charge >= 0.3 is 5.97 Å². The fourth-order valence-electron chi connectivity index (χ4n) is 3.39. The summed E-state index contributed by atoms with van der Waals surface area (Å²) in [5.41, 5.74) is 0.516. The fourth-order valence-corrected chi connectivity index (χ4v) is 3.39. The molecule has 9 nitrogen and oxygen atoms in total. The van der Waals surface area contributed by atoms with E-state index in [-0.39, 0.29) is 39.5 Å². The van der Waals surface area contributed by atoms with Crippen LogP contribution in [0.1, 0.15) is 42.2 Å². The summed E-state index contributed by atoms with van der Waals surface area (Å²) in [7, 11) is 0. The highest BCUT2D eigenvalue weighted by Crippen LogP contribution is 2.29. The first-order chi connectivity index (χ1) is 15.4. The van der Waals surface area contributed by atoms with Gasteiger partial charge in [-0.15, -0.1) is 0 Å². The predicted octanol–water partition coefficient (Wildman–Crippen LogP) is 3.17. The molecular weight excluding hydrogens is 416 g/mol. The van der Waals surface area contributed by atoms with Gasteiger partial charge in [-0.1, -0.05) is 36.4 Å². The van der Waals surface area contributed by atoms with Gasteiger partial charge < -0.3 is 10.1 Å². The van der Waals surface area contributed by atoms with Crippen LogP contribution in [0.25, 0.3) is 0 Å². The molecule has 0 aromatic heterocycles. The smallest absolute Gasteiger partial charge is 0.345 e. The van der Waals surface area contributed by atoms with Gasteiger partial charge in [0.1, 0.15) is 5.56 Å². The summed E-state index contributed by atoms with van der Waals surface area (Å²) in [5, 5.41) is 13.5. The summed E-state index contributed by atoms with van der Waals surface area (Å²) in [5.74, 6) is -2.36. The molecule has 4 rings (SSSR count). The summed E-state index contributed by atoms with van der Waals surface area (Å²) < 4.78 is 4.87. The van der Waals surface area contributed by atoms with Gasteiger partial charge in [-0.05, 0) is 24.3 Å². The average Bonchev–Trinajstić information content (AvgIpc) is 2.81. The van der Waals surface area contributed by atoms with Gasteiger partial charge in [0.25, 0.3) is 11.6 Å². The Labute approximate surface area is 180 Å². The van der Waals surface area contributed by atoms with E-state index in [9.17, 15) is 29.3 Å². The van der Waals surface area contributed by atoms with E-state index in [1.54, 1.807) is 24.3 Å². The number of ether oxygens (including phenoxy) is 1. The van der Waals surface area contributed by atoms with Crippen molar-refractivity contribution < 1.29 is 28.8 Å². The van der Waals surface area contributed by atoms with Gasteiger partial charge in [0.2, 0.25) is 0 Å². The largest absolute Gasteiger partial charge is 0.452 e. The first-order valence-electron chi connectivity index (χ1n) is 9.39. The lowest BCUT2D eigenvalue weighted by Crippen LogP contribution is -2.23. The van der Waals surface area contributed by atoms with E-state index in [4.69, 9.17) is 4.74 Å². The third-order valence-corrected chi connectivity index (χ3v) is 4.86. The van der Waals surface area contributed by atoms with Crippen LogP contribution in [-0.2, 0) is 9.53 Å². The standard InChI is InChI=1S/C23H14N2O7/c26-20(12-32-23(29)17-7-3-4-8-19(17)25(30)31)24-13-9-10-16-18(11-13)22(28)15-6-2-1-5-14(15)21(16)27/h1-11H,12H2,(H,24,26). The van der Waals surface area contributed by atoms with Crippen molar-refractivity contribution >= 4 is 34.8 Å². The fraction of sp³-hybridized carbons (Fsp3) is 0.0435. The molecule has 0 spiro atoms. The van der Waals surface area contributed by atoms with Crippen molar-refractivity contribution in [3.63, 3.8) is 0 Å². The number of fused-ring (bicyclic) bond motifs is 2. The molecular formula is C23H14N2O7. The van der Waals surface area contributed by atoms with Crippen molar-refractivity contribution in [3.8, 4) is 0 Å². The quantitative estimate of drug-likeness (QED) is 0.292. The van der Waals surface area contributed by atoms with Crippen LogP contribution in [0.4, 0.5) is 11.4 Å². The highest BCUT2D eigenvalue weighted by atomic mass is 16.6. The Kier molecular flexibility index (Phi) is 5.30. The number of ketones is 2. The number of esters is 1. The van der Waals surface area contributed by atoms with Crippen molar-refractivity contribution in [3.05, 3.63) is 105 Å². The Morgan fingerprint density at radius 1 is 0.844 bits per heavy atom. The molecule has 1 N–H and O–H groups in total. The van der Waals surface area contributed by atoms with Crippen LogP contribution < -0.4 is 5.32 Å². The zero-order chi connectivity index (χ0) is 22.8. The molecule has 0 unspecified atom stereocenters. The van der Waals surface area contributed by atoms with Gasteiger partial charge in [-0.3, -0.25) is 24.5 Å². The molecule has 0 saturated carbocycles. The van der Waals surface area contributed by atoms with Gasteiger partial charge in [0.05, 0.1) is 4.92 Å². The molecule has 1 amide bonds. The molecule has 0 saturated heterocycles. The van der Waals surface area contributed by atoms with E-state index in [1.807, 2.05) is 0 Å². The van der Waals surface area contributed by atoms with Crippen LogP contribution in [0.2, 0.25) is 0 Å². The van der Waals surface area contributed by atoms with Gasteiger partial charge in [-0.2, -0.15) is 0 Å². The van der Waals surface area contributed by atoms with Gasteiger partial charge in [0.15, 0.2) is 18.2 Å². The summed E-state index contributed by atoms with van der Waals surface area (Å²) in [6, 6.07) is 16.0. The number of nitrogens with zero attached hydrogens (tertiary/aromatic N) is 1. The minimum Gasteiger partial charge on any atom is -0.452 e. The highest BCUT2D eigenvalue weighted by molar-refractivity contribution is 6.28. The number of amides is 1. The molecule has 0 aliphatic heterocycles. The third kappa shape index (κ3) is 3.74. The van der Waals surface area contributed by atoms with Crippen molar-refractivity contribution in [2.45, 2.75) is 0 Å². The normalized spacial score (nSPS) is 11.9. The molecule has 0 atom stereocenters. The number of carbonyl (C=O) groups is 4. The van der Waals surface area contributed by atoms with E-state index in [0.717, 1.165) is 6.07 Å². The number of nitro groups is 1. The second-order valence-electron chi connectivity index (χ2n) is 6.86. The maximum atomic E-state index is 12.8. The van der Waals surface area contributed by atoms with E-state index in [0.29, 0.717) is 5.56 Å². The van der Waals surface area contributed by atoms with E-state index in [2.05, 4.69) is 5.32 Å². The van der Waals surface area contributed by atoms with Gasteiger partial charge in [0, 0.05) is 34.0 Å². The summed E-state index contributed by atoms with van der Waals surface area (Å²) in [4.78, 5) is 60.0. The van der Waals surface area contributed by atoms with Crippen molar-refractivity contribution in [1.29, 1.82) is 0 Å². The highest BCUT2D eigenvalue weighted by Gasteiger charge is 2.29. The Morgan fingerprint density at radius 2 is 1.44 bits per heavy atom. The molecule has 3 aromatic rings. The summed E-state index contributed by atoms with van der Waals surface area (Å²) in [6.07, 6.45) is 0. The molecule has 0 bridgehead atoms. The number of rotatable bonds is 5. The number of hydrogen-bond acceptors (Lipinski definition) is 7. The minimum atomic E-state index is -1.02. The molecule has 9 heteroatoms. The van der Waals surface area contributed by atoms with Crippen LogP contribution in [0, 0.1) is 10.1 Å². The molecule has 1 aliphatic carbocycles. The summed E-state index contributed by atoms with van der Waals surface area (Å²) in [6.45, 7) is -0.697. The summed E-state index contributed by atoms with van der Waals surface area (Å²) >= 11 is 0. The SMILES string of the molecule is O=C(COC(=O)c1ccccc1[N+](=O)[O-])Nc1ccc2c(c1)C(=O)c1ccccc1C2=O. The van der Waals surface area contributed by atoms with Crippen molar-refractivity contribution in [2.75, 3.05) is 11.9 Å². The molecule has 32 heavy (non-hydrogen) atoms. The van der Waals surface area contributed by atoms with Crippen molar-refractivity contribution in [2.24, 2.45) is 0 Å². The van der Waals surface area contributed by atoms with E-state index >= 15 is 0 Å². The van der Waals surface area contributed by atoms with Crippen LogP contribution in [0.3, 0.4) is 0 Å². The third-order valence-electron chi connectivity index (χ3n) is 4.86. The second-order valence-corrected chi connectivity index (χ2v) is 6.86. The number of para-hydroxylation sites is 1. The van der Waals surface area contributed by atoms with Gasteiger partial charge in [-0.25, -0.2) is 4.79 Å². The number of benzene rings is 3. The second kappa shape index (κ2) is 8.23. The number of nitro benzene ring substituents is 1. The van der Waals surface area contributed by atoms with Crippen LogP contribution in [0.5, 0.6) is 0 Å². The first-order valence-corrected chi connectivity index (χ1v) is 9.39. The van der Waals surface area contributed by atoms with Crippen LogP contribution >= 0.6 is 0 Å². The zero-order valence-corrected chi connectivity index (χ0v) is 16.4. The Morgan fingerprint density at radius 3 is 2.12 bits per heavy atom. The topological polar surface area (TPSA) is 133 Å². The van der Waals surface area contributed by atoms with E-state index < -0.39 is 29.1 Å². The Bertz CT molecular complexity index is 1310. The number of anilines is 1. The first kappa shape index (κ1) is 20.6. The van der Waals surface area contributed by atoms with Crippen LogP contribution in [0.15, 0.2) is 66.7 Å². The molecule has 0 heterocycles. The Hall–Kier alpha value is -4.66. The number of nitrogens with one attached hydrogen (secondary N) is 1. The maximum Gasteiger partial charge on any atom is 0.345 e. The van der Waals surface area contributed by atoms with Crippen LogP contribution in [-0.4, -0.2) is 35.0 Å². The lowest BCUT2D eigenvalue weighted by atomic mass is 9.84. The van der Waals surface area contributed by atoms with Crippen molar-refractivity contribution in [1.82, 2.24) is 0 Å². The monoisotopic (exact) mass is 430 g/mol. The zero-order valence-electron chi connectivity index (χ0n) is 16.4. The molecule has 0 radical (unpaired) electrons. The molecule has 158 valence electrons. The minimum absolute atomic E-state index is 0.156. The Balaban J connectivity index is 1.46. The molecule has 0 fully saturated rings. The molecule has 3 aromatic carbocycles. The number of hydrogen-bond donors (Lipinski definition) is 1.